The first-order valence-electron chi connectivity index (χ1n) is 16.1. The molecule has 0 radical (unpaired) electrons. The second-order valence-electron chi connectivity index (χ2n) is 14.0. The lowest BCUT2D eigenvalue weighted by Crippen LogP contribution is -2.52. The second kappa shape index (κ2) is 19.3. The minimum absolute atomic E-state index is 0.0292. The van der Waals surface area contributed by atoms with E-state index in [-0.39, 0.29) is 35.4 Å². The second-order valence-corrected chi connectivity index (χ2v) is 16.1. The van der Waals surface area contributed by atoms with Crippen LogP contribution in [0.2, 0.25) is 0 Å². The molecule has 0 aliphatic rings. The van der Waals surface area contributed by atoms with Crippen molar-refractivity contribution in [3.63, 3.8) is 0 Å². The largest absolute Gasteiger partial charge is 0.491 e. The monoisotopic (exact) mass is 847 g/mol. The fraction of sp³-hybridized carbons (Fsp3) is 0.611. The zero-order chi connectivity index (χ0) is 33.6. The summed E-state index contributed by atoms with van der Waals surface area (Å²) in [6, 6.07) is 19.0. The number of alkyl carbamates (subject to hydrolysis) is 1. The third-order valence-electron chi connectivity index (χ3n) is 7.43. The number of halogens is 2. The van der Waals surface area contributed by atoms with Crippen LogP contribution in [0.15, 0.2) is 54.6 Å². The zero-order valence-electron chi connectivity index (χ0n) is 28.5. The van der Waals surface area contributed by atoms with E-state index in [9.17, 15) is 9.59 Å². The summed E-state index contributed by atoms with van der Waals surface area (Å²) in [5, 5.41) is 6.29. The van der Waals surface area contributed by atoms with Gasteiger partial charge in [0.1, 0.15) is 11.4 Å². The number of hydrogen-bond acceptors (Lipinski definition) is 5. The number of nitrogens with one attached hydrogen (secondary N) is 2. The van der Waals surface area contributed by atoms with Gasteiger partial charge in [0.05, 0.1) is 12.1 Å². The average Bonchev–Trinajstić information content (AvgIpc) is 2.92. The molecule has 2 aromatic rings. The SMILES string of the molecule is CC(C)Oc1ccc(C(c2ccccc2)N(CCI)C[C@@H](NC(=O)CC(CCI)CCNC(=O)OC(C)(C)C)C(C)(C)C)cc1. The van der Waals surface area contributed by atoms with Crippen molar-refractivity contribution in [1.82, 2.24) is 15.5 Å². The van der Waals surface area contributed by atoms with Gasteiger partial charge in [0, 0.05) is 36.5 Å². The van der Waals surface area contributed by atoms with Gasteiger partial charge in [-0.1, -0.05) is 108 Å². The molecule has 2 amide bonds. The molecule has 0 saturated heterocycles. The Balaban J connectivity index is 2.24. The maximum Gasteiger partial charge on any atom is 0.407 e. The predicted octanol–water partition coefficient (Wildman–Crippen LogP) is 8.58. The fourth-order valence-corrected chi connectivity index (χ4v) is 6.67. The molecule has 0 spiro atoms. The molecular weight excluding hydrogens is 792 g/mol. The molecule has 0 fully saturated rings. The lowest BCUT2D eigenvalue weighted by atomic mass is 9.85. The van der Waals surface area contributed by atoms with Gasteiger partial charge in [-0.15, -0.1) is 0 Å². The highest BCUT2D eigenvalue weighted by Crippen LogP contribution is 2.32. The Morgan fingerprint density at radius 3 is 2.02 bits per heavy atom. The number of hydrogen-bond donors (Lipinski definition) is 2. The van der Waals surface area contributed by atoms with Crippen molar-refractivity contribution in [3.8, 4) is 5.75 Å². The van der Waals surface area contributed by atoms with Gasteiger partial charge < -0.3 is 20.1 Å². The van der Waals surface area contributed by atoms with E-state index in [0.29, 0.717) is 19.5 Å². The van der Waals surface area contributed by atoms with Gasteiger partial charge in [0.25, 0.3) is 0 Å². The topological polar surface area (TPSA) is 79.9 Å². The number of rotatable bonds is 17. The lowest BCUT2D eigenvalue weighted by molar-refractivity contribution is -0.123. The molecule has 0 aromatic heterocycles. The van der Waals surface area contributed by atoms with Crippen LogP contribution in [0.1, 0.15) is 91.8 Å². The van der Waals surface area contributed by atoms with Crippen molar-refractivity contribution < 1.29 is 19.1 Å². The highest BCUT2D eigenvalue weighted by atomic mass is 127. The van der Waals surface area contributed by atoms with Crippen LogP contribution in [0, 0.1) is 11.3 Å². The Morgan fingerprint density at radius 2 is 1.49 bits per heavy atom. The van der Waals surface area contributed by atoms with Crippen molar-refractivity contribution in [1.29, 1.82) is 0 Å². The van der Waals surface area contributed by atoms with Crippen LogP contribution in [0.25, 0.3) is 0 Å². The molecule has 252 valence electrons. The van der Waals surface area contributed by atoms with Crippen molar-refractivity contribution >= 4 is 57.2 Å². The highest BCUT2D eigenvalue weighted by Gasteiger charge is 2.32. The summed E-state index contributed by atoms with van der Waals surface area (Å²) in [5.41, 5.74) is 1.72. The quantitative estimate of drug-likeness (QED) is 0.123. The normalized spacial score (nSPS) is 14.1. The van der Waals surface area contributed by atoms with E-state index in [1.165, 1.54) is 11.1 Å². The van der Waals surface area contributed by atoms with Gasteiger partial charge in [0.15, 0.2) is 0 Å². The Kier molecular flexibility index (Phi) is 17.0. The number of amides is 2. The molecule has 2 N–H and O–H groups in total. The fourth-order valence-electron chi connectivity index (χ4n) is 5.17. The lowest BCUT2D eigenvalue weighted by Gasteiger charge is -2.40. The Bertz CT molecular complexity index is 1150. The van der Waals surface area contributed by atoms with Gasteiger partial charge in [0.2, 0.25) is 5.91 Å². The first kappa shape index (κ1) is 39.6. The number of carbonyl (C=O) groups is 2. The summed E-state index contributed by atoms with van der Waals surface area (Å²) in [5.74, 6) is 1.10. The summed E-state index contributed by atoms with van der Waals surface area (Å²) >= 11 is 4.81. The molecule has 2 rings (SSSR count). The van der Waals surface area contributed by atoms with Gasteiger partial charge in [-0.2, -0.15) is 0 Å². The van der Waals surface area contributed by atoms with Crippen molar-refractivity contribution in [2.24, 2.45) is 11.3 Å². The summed E-state index contributed by atoms with van der Waals surface area (Å²) in [4.78, 5) is 28.2. The maximum absolute atomic E-state index is 13.6. The first-order chi connectivity index (χ1) is 21.1. The van der Waals surface area contributed by atoms with Crippen LogP contribution in [0.5, 0.6) is 5.75 Å². The van der Waals surface area contributed by atoms with Crippen LogP contribution in [-0.2, 0) is 9.53 Å². The molecule has 0 aliphatic heterocycles. The molecule has 9 heteroatoms. The predicted molar refractivity (Wildman–Crippen MR) is 203 cm³/mol. The molecule has 3 atom stereocenters. The first-order valence-corrected chi connectivity index (χ1v) is 19.1. The van der Waals surface area contributed by atoms with Crippen molar-refractivity contribution in [2.45, 2.75) is 98.4 Å². The summed E-state index contributed by atoms with van der Waals surface area (Å²) < 4.78 is 13.2. The number of ether oxygens (including phenoxy) is 2. The van der Waals surface area contributed by atoms with Gasteiger partial charge >= 0.3 is 6.09 Å². The molecule has 0 aliphatic carbocycles. The van der Waals surface area contributed by atoms with Crippen molar-refractivity contribution in [3.05, 3.63) is 65.7 Å². The van der Waals surface area contributed by atoms with Gasteiger partial charge in [-0.25, -0.2) is 4.79 Å². The third kappa shape index (κ3) is 15.2. The zero-order valence-corrected chi connectivity index (χ0v) is 32.8. The number of benzene rings is 2. The maximum atomic E-state index is 13.6. The van der Waals surface area contributed by atoms with Crippen LogP contribution in [-0.4, -0.2) is 63.1 Å². The number of carbonyl (C=O) groups excluding carboxylic acids is 2. The Labute approximate surface area is 299 Å². The highest BCUT2D eigenvalue weighted by molar-refractivity contribution is 14.1. The van der Waals surface area contributed by atoms with Crippen LogP contribution in [0.4, 0.5) is 4.79 Å². The molecular formula is C36H55I2N3O4. The van der Waals surface area contributed by atoms with E-state index < -0.39 is 11.7 Å². The molecule has 2 aromatic carbocycles. The number of alkyl halides is 2. The summed E-state index contributed by atoms with van der Waals surface area (Å²) in [6.07, 6.45) is 1.77. The minimum atomic E-state index is -0.538. The average molecular weight is 848 g/mol. The third-order valence-corrected chi connectivity index (χ3v) is 8.53. The van der Waals surface area contributed by atoms with E-state index in [1.54, 1.807) is 0 Å². The molecule has 2 unspecified atom stereocenters. The standard InChI is InChI=1S/C36H55I2N3O4/c1-26(2)44-30-16-14-29(15-17-30)33(28-12-10-9-11-13-28)41(23-21-38)25-31(35(3,4)5)40-32(42)24-27(18-20-37)19-22-39-34(43)45-36(6,7)8/h9-17,26-27,31,33H,18-25H2,1-8H3,(H,39,43)(H,40,42)/t27?,31-,33?/m1/s1. The van der Waals surface area contributed by atoms with Crippen LogP contribution >= 0.6 is 45.2 Å². The summed E-state index contributed by atoms with van der Waals surface area (Å²) in [7, 11) is 0. The minimum Gasteiger partial charge on any atom is -0.491 e. The van der Waals surface area contributed by atoms with Crippen LogP contribution < -0.4 is 15.4 Å². The van der Waals surface area contributed by atoms with E-state index >= 15 is 0 Å². The van der Waals surface area contributed by atoms with E-state index in [2.05, 4.69) is 136 Å². The molecule has 7 nitrogen and oxygen atoms in total. The summed E-state index contributed by atoms with van der Waals surface area (Å²) in [6.45, 7) is 18.3. The van der Waals surface area contributed by atoms with E-state index in [1.807, 2.05) is 34.6 Å². The smallest absolute Gasteiger partial charge is 0.407 e. The van der Waals surface area contributed by atoms with Crippen molar-refractivity contribution in [2.75, 3.05) is 28.5 Å². The Morgan fingerprint density at radius 1 is 0.867 bits per heavy atom. The van der Waals surface area contributed by atoms with Crippen LogP contribution in [0.3, 0.4) is 0 Å². The molecule has 0 saturated carbocycles. The number of nitrogens with zero attached hydrogens (tertiary/aromatic N) is 1. The van der Waals surface area contributed by atoms with Gasteiger partial charge in [-0.3, -0.25) is 9.69 Å². The molecule has 45 heavy (non-hydrogen) atoms. The molecule has 0 bridgehead atoms. The van der Waals surface area contributed by atoms with Gasteiger partial charge in [-0.05, 0) is 86.5 Å². The van der Waals surface area contributed by atoms with E-state index in [0.717, 1.165) is 34.0 Å². The molecule has 0 heterocycles. The van der Waals surface area contributed by atoms with E-state index in [4.69, 9.17) is 9.47 Å². The Hall–Kier alpha value is -1.60.